The molecule has 1 N–H and O–H groups in total. The molecule has 34 heavy (non-hydrogen) atoms. The van der Waals surface area contributed by atoms with Crippen molar-refractivity contribution in [3.8, 4) is 5.75 Å². The van der Waals surface area contributed by atoms with E-state index in [2.05, 4.69) is 24.4 Å². The Morgan fingerprint density at radius 1 is 0.971 bits per heavy atom. The van der Waals surface area contributed by atoms with Crippen LogP contribution in [-0.4, -0.2) is 41.9 Å². The summed E-state index contributed by atoms with van der Waals surface area (Å²) in [4.78, 5) is 32.4. The fourth-order valence-electron chi connectivity index (χ4n) is 3.62. The first-order valence-electron chi connectivity index (χ1n) is 11.4. The molecule has 3 amide bonds. The Bertz CT molecular complexity index is 1080. The highest BCUT2D eigenvalue weighted by molar-refractivity contribution is 7.11. The molecule has 0 aliphatic heterocycles. The normalized spacial score (nSPS) is 10.7. The number of carbonyl (C=O) groups is 2. The van der Waals surface area contributed by atoms with Gasteiger partial charge in [-0.15, -0.1) is 11.3 Å². The van der Waals surface area contributed by atoms with Crippen molar-refractivity contribution in [2.45, 2.75) is 33.9 Å². The number of ether oxygens (including phenoxy) is 1. The van der Waals surface area contributed by atoms with Gasteiger partial charge in [0.1, 0.15) is 12.3 Å². The monoisotopic (exact) mass is 479 g/mol. The summed E-state index contributed by atoms with van der Waals surface area (Å²) in [5.74, 6) is 0.785. The summed E-state index contributed by atoms with van der Waals surface area (Å²) >= 11 is 1.69. The van der Waals surface area contributed by atoms with E-state index >= 15 is 0 Å². The molecule has 0 saturated heterocycles. The highest BCUT2D eigenvalue weighted by Gasteiger charge is 2.23. The lowest BCUT2D eigenvalue weighted by molar-refractivity contribution is -0.133. The van der Waals surface area contributed by atoms with Gasteiger partial charge in [0, 0.05) is 34.6 Å². The highest BCUT2D eigenvalue weighted by atomic mass is 32.1. The number of benzene rings is 2. The van der Waals surface area contributed by atoms with Crippen molar-refractivity contribution in [3.05, 3.63) is 82.0 Å². The van der Waals surface area contributed by atoms with Crippen molar-refractivity contribution in [3.63, 3.8) is 0 Å². The summed E-state index contributed by atoms with van der Waals surface area (Å²) in [6, 6.07) is 21.0. The zero-order chi connectivity index (χ0) is 24.5. The molecule has 7 heteroatoms. The number of aryl methyl sites for hydroxylation is 1. The Morgan fingerprint density at radius 2 is 1.74 bits per heavy atom. The molecular formula is C27H33N3O3S. The Kier molecular flexibility index (Phi) is 9.10. The molecule has 1 aromatic heterocycles. The Balaban J connectivity index is 1.76. The second kappa shape index (κ2) is 12.2. The summed E-state index contributed by atoms with van der Waals surface area (Å²) < 4.78 is 5.25. The number of thiophene rings is 1. The fourth-order valence-corrected chi connectivity index (χ4v) is 4.53. The molecular weight excluding hydrogens is 446 g/mol. The van der Waals surface area contributed by atoms with Crippen molar-refractivity contribution in [1.82, 2.24) is 9.80 Å². The number of nitrogens with one attached hydrogen (secondary N) is 1. The van der Waals surface area contributed by atoms with Crippen LogP contribution in [0.25, 0.3) is 0 Å². The van der Waals surface area contributed by atoms with Crippen LogP contribution in [-0.2, 0) is 17.9 Å². The van der Waals surface area contributed by atoms with Crippen molar-refractivity contribution in [2.24, 2.45) is 5.92 Å². The van der Waals surface area contributed by atoms with Crippen LogP contribution in [0.3, 0.4) is 0 Å². The molecule has 0 aliphatic carbocycles. The number of anilines is 1. The van der Waals surface area contributed by atoms with Crippen LogP contribution in [0.15, 0.2) is 66.7 Å². The van der Waals surface area contributed by atoms with Gasteiger partial charge in [-0.25, -0.2) is 4.79 Å². The maximum absolute atomic E-state index is 13.5. The molecule has 0 bridgehead atoms. The molecule has 3 rings (SSSR count). The standard InChI is InChI=1S/C27H33N3O3S/c1-20(2)16-30(27(32)28-23-11-8-12-24(15-23)33-4)19-26(31)29(17-22-9-6-5-7-10-22)18-25-14-13-21(3)34-25/h5-15,20H,16-19H2,1-4H3,(H,28,32). The summed E-state index contributed by atoms with van der Waals surface area (Å²) in [7, 11) is 1.58. The van der Waals surface area contributed by atoms with Gasteiger partial charge in [-0.3, -0.25) is 4.79 Å². The molecule has 1 heterocycles. The van der Waals surface area contributed by atoms with Crippen molar-refractivity contribution >= 4 is 29.0 Å². The lowest BCUT2D eigenvalue weighted by Crippen LogP contribution is -2.45. The minimum Gasteiger partial charge on any atom is -0.497 e. The molecule has 6 nitrogen and oxygen atoms in total. The summed E-state index contributed by atoms with van der Waals surface area (Å²) in [5.41, 5.74) is 1.68. The van der Waals surface area contributed by atoms with Gasteiger partial charge in [0.05, 0.1) is 13.7 Å². The van der Waals surface area contributed by atoms with Crippen LogP contribution in [0.4, 0.5) is 10.5 Å². The molecule has 0 saturated carbocycles. The van der Waals surface area contributed by atoms with E-state index in [0.717, 1.165) is 10.4 Å². The number of amides is 3. The molecule has 180 valence electrons. The number of rotatable bonds is 10. The van der Waals surface area contributed by atoms with E-state index in [1.807, 2.05) is 61.2 Å². The fraction of sp³-hybridized carbons (Fsp3) is 0.333. The third kappa shape index (κ3) is 7.63. The molecule has 0 unspecified atom stereocenters. The second-order valence-corrected chi connectivity index (χ2v) is 10.1. The largest absolute Gasteiger partial charge is 0.497 e. The van der Waals surface area contributed by atoms with Crippen LogP contribution >= 0.6 is 11.3 Å². The minimum atomic E-state index is -0.304. The first-order chi connectivity index (χ1) is 16.3. The average Bonchev–Trinajstić information content (AvgIpc) is 3.23. The van der Waals surface area contributed by atoms with E-state index in [-0.39, 0.29) is 24.4 Å². The van der Waals surface area contributed by atoms with Gasteiger partial charge in [0.25, 0.3) is 0 Å². The van der Waals surface area contributed by atoms with Crippen LogP contribution in [0, 0.1) is 12.8 Å². The Morgan fingerprint density at radius 3 is 2.38 bits per heavy atom. The van der Waals surface area contributed by atoms with Gasteiger partial charge in [0.15, 0.2) is 0 Å². The predicted molar refractivity (Wildman–Crippen MR) is 138 cm³/mol. The summed E-state index contributed by atoms with van der Waals surface area (Å²) in [6.45, 7) is 7.61. The van der Waals surface area contributed by atoms with E-state index < -0.39 is 0 Å². The van der Waals surface area contributed by atoms with E-state index in [9.17, 15) is 9.59 Å². The van der Waals surface area contributed by atoms with Gasteiger partial charge >= 0.3 is 6.03 Å². The number of urea groups is 1. The van der Waals surface area contributed by atoms with Crippen LogP contribution < -0.4 is 10.1 Å². The highest BCUT2D eigenvalue weighted by Crippen LogP contribution is 2.20. The van der Waals surface area contributed by atoms with Gasteiger partial charge in [-0.1, -0.05) is 50.2 Å². The number of nitrogens with zero attached hydrogens (tertiary/aromatic N) is 2. The van der Waals surface area contributed by atoms with E-state index in [4.69, 9.17) is 4.74 Å². The van der Waals surface area contributed by atoms with Crippen LogP contribution in [0.2, 0.25) is 0 Å². The molecule has 2 aromatic carbocycles. The van der Waals surface area contributed by atoms with Gasteiger partial charge in [0.2, 0.25) is 5.91 Å². The number of hydrogen-bond donors (Lipinski definition) is 1. The van der Waals surface area contributed by atoms with Crippen molar-refractivity contribution in [2.75, 3.05) is 25.5 Å². The topological polar surface area (TPSA) is 61.9 Å². The number of carbonyl (C=O) groups excluding carboxylic acids is 2. The van der Waals surface area contributed by atoms with E-state index in [1.165, 1.54) is 4.88 Å². The first-order valence-corrected chi connectivity index (χ1v) is 12.2. The van der Waals surface area contributed by atoms with E-state index in [0.29, 0.717) is 31.1 Å². The zero-order valence-corrected chi connectivity index (χ0v) is 21.1. The lowest BCUT2D eigenvalue weighted by atomic mass is 10.2. The third-order valence-electron chi connectivity index (χ3n) is 5.23. The van der Waals surface area contributed by atoms with Gasteiger partial charge in [-0.2, -0.15) is 0 Å². The molecule has 0 aliphatic rings. The Hall–Kier alpha value is -3.32. The number of hydrogen-bond acceptors (Lipinski definition) is 4. The SMILES string of the molecule is COc1cccc(NC(=O)N(CC(=O)N(Cc2ccccc2)Cc2ccc(C)s2)CC(C)C)c1. The smallest absolute Gasteiger partial charge is 0.322 e. The molecule has 0 fully saturated rings. The quantitative estimate of drug-likeness (QED) is 0.401. The lowest BCUT2D eigenvalue weighted by Gasteiger charge is -2.29. The zero-order valence-electron chi connectivity index (χ0n) is 20.3. The molecule has 3 aromatic rings. The maximum Gasteiger partial charge on any atom is 0.322 e. The third-order valence-corrected chi connectivity index (χ3v) is 6.22. The average molecular weight is 480 g/mol. The summed E-state index contributed by atoms with van der Waals surface area (Å²) in [6.07, 6.45) is 0. The van der Waals surface area contributed by atoms with Crippen LogP contribution in [0.5, 0.6) is 5.75 Å². The van der Waals surface area contributed by atoms with Crippen LogP contribution in [0.1, 0.15) is 29.2 Å². The molecule has 0 spiro atoms. The summed E-state index contributed by atoms with van der Waals surface area (Å²) in [5, 5.41) is 2.91. The van der Waals surface area contributed by atoms with Crippen molar-refractivity contribution in [1.29, 1.82) is 0 Å². The first kappa shape index (κ1) is 25.3. The van der Waals surface area contributed by atoms with E-state index in [1.54, 1.807) is 35.5 Å². The minimum absolute atomic E-state index is 0.00513. The molecule has 0 radical (unpaired) electrons. The molecule has 0 atom stereocenters. The van der Waals surface area contributed by atoms with Gasteiger partial charge in [-0.05, 0) is 42.7 Å². The Labute approximate surface area is 206 Å². The van der Waals surface area contributed by atoms with Crippen molar-refractivity contribution < 1.29 is 14.3 Å². The second-order valence-electron chi connectivity index (χ2n) is 8.68. The van der Waals surface area contributed by atoms with Gasteiger partial charge < -0.3 is 19.9 Å². The number of methoxy groups -OCH3 is 1. The predicted octanol–water partition coefficient (Wildman–Crippen LogP) is 5.78. The maximum atomic E-state index is 13.5.